The minimum absolute atomic E-state index is 0.119. The lowest BCUT2D eigenvalue weighted by Crippen LogP contribution is -2.24. The van der Waals surface area contributed by atoms with Crippen LogP contribution in [0.1, 0.15) is 22.6 Å². The van der Waals surface area contributed by atoms with Crippen molar-refractivity contribution < 1.29 is 13.6 Å². The number of methoxy groups -OCH3 is 1. The van der Waals surface area contributed by atoms with Crippen molar-refractivity contribution >= 4 is 33.3 Å². The van der Waals surface area contributed by atoms with Gasteiger partial charge in [0.1, 0.15) is 16.9 Å². The summed E-state index contributed by atoms with van der Waals surface area (Å²) in [5.74, 6) is -0.299. The van der Waals surface area contributed by atoms with Crippen LogP contribution in [0.15, 0.2) is 91.2 Å². The van der Waals surface area contributed by atoms with E-state index < -0.39 is 17.2 Å². The molecule has 0 spiro atoms. The van der Waals surface area contributed by atoms with Gasteiger partial charge in [0.05, 0.1) is 35.5 Å². The lowest BCUT2D eigenvalue weighted by atomic mass is 9.84. The minimum atomic E-state index is -0.919. The maximum Gasteiger partial charge on any atom is 0.342 e. The molecule has 5 aromatic rings. The third-order valence-corrected chi connectivity index (χ3v) is 5.81. The average Bonchev–Trinajstić information content (AvgIpc) is 2.83. The summed E-state index contributed by atoms with van der Waals surface area (Å²) in [5.41, 5.74) is 13.7. The molecule has 0 aliphatic carbocycles. The normalized spacial score (nSPS) is 11.3. The number of nitrogens with two attached hydrogens (primary N) is 2. The number of nitrogen functional groups attached to an aromatic ring is 2. The number of ether oxygens (including phenoxy) is 1. The first kappa shape index (κ1) is 20.4. The van der Waals surface area contributed by atoms with E-state index in [-0.39, 0.29) is 22.5 Å². The summed E-state index contributed by atoms with van der Waals surface area (Å²) in [7, 11) is 1.55. The number of para-hydroxylation sites is 2. The van der Waals surface area contributed by atoms with Crippen LogP contribution in [-0.2, 0) is 0 Å². The van der Waals surface area contributed by atoms with E-state index in [1.165, 1.54) is 0 Å². The summed E-state index contributed by atoms with van der Waals surface area (Å²) in [4.78, 5) is 26.4. The zero-order valence-corrected chi connectivity index (χ0v) is 17.7. The molecular formula is C26H20N2O5. The largest absolute Gasteiger partial charge is 0.497 e. The molecule has 7 nitrogen and oxygen atoms in total. The maximum atomic E-state index is 13.2. The average molecular weight is 440 g/mol. The predicted molar refractivity (Wildman–Crippen MR) is 128 cm³/mol. The minimum Gasteiger partial charge on any atom is -0.497 e. The zero-order chi connectivity index (χ0) is 23.1. The van der Waals surface area contributed by atoms with E-state index in [2.05, 4.69) is 0 Å². The fourth-order valence-corrected chi connectivity index (χ4v) is 4.20. The molecule has 0 unspecified atom stereocenters. The highest BCUT2D eigenvalue weighted by molar-refractivity contribution is 5.93. The molecule has 7 heteroatoms. The fourth-order valence-electron chi connectivity index (χ4n) is 4.20. The Balaban J connectivity index is 1.89. The molecule has 2 heterocycles. The smallest absolute Gasteiger partial charge is 0.342 e. The van der Waals surface area contributed by atoms with Crippen molar-refractivity contribution in [2.24, 2.45) is 0 Å². The highest BCUT2D eigenvalue weighted by Gasteiger charge is 2.30. The van der Waals surface area contributed by atoms with Crippen molar-refractivity contribution in [1.29, 1.82) is 0 Å². The molecule has 3 aromatic carbocycles. The van der Waals surface area contributed by atoms with Gasteiger partial charge in [0.2, 0.25) is 0 Å². The van der Waals surface area contributed by atoms with E-state index in [1.807, 2.05) is 0 Å². The standard InChI is InChI=1S/C26H20N2O5/c1-31-15-12-10-14(11-13-15)20(21-23(27)16-6-2-4-8-18(16)32-25(21)29)22-24(28)17-7-3-5-9-19(17)33-26(22)30/h2-13,20H,27-28H2,1H3. The van der Waals surface area contributed by atoms with Crippen LogP contribution in [0.25, 0.3) is 21.9 Å². The van der Waals surface area contributed by atoms with Crippen LogP contribution in [-0.4, -0.2) is 7.11 Å². The van der Waals surface area contributed by atoms with Crippen molar-refractivity contribution in [3.8, 4) is 5.75 Å². The molecule has 0 saturated heterocycles. The Labute approximate surface area is 187 Å². The van der Waals surface area contributed by atoms with Crippen molar-refractivity contribution in [2.75, 3.05) is 18.6 Å². The number of hydrogen-bond acceptors (Lipinski definition) is 7. The molecule has 0 atom stereocenters. The van der Waals surface area contributed by atoms with E-state index in [4.69, 9.17) is 25.0 Å². The molecule has 164 valence electrons. The van der Waals surface area contributed by atoms with Crippen LogP contribution >= 0.6 is 0 Å². The Kier molecular flexibility index (Phi) is 4.86. The number of hydrogen-bond donors (Lipinski definition) is 2. The molecule has 0 radical (unpaired) electrons. The van der Waals surface area contributed by atoms with Gasteiger partial charge in [0.15, 0.2) is 0 Å². The molecule has 2 aromatic heterocycles. The molecule has 33 heavy (non-hydrogen) atoms. The van der Waals surface area contributed by atoms with Gasteiger partial charge in [-0.15, -0.1) is 0 Å². The van der Waals surface area contributed by atoms with Gasteiger partial charge in [0, 0.05) is 10.8 Å². The van der Waals surface area contributed by atoms with E-state index in [1.54, 1.807) is 79.9 Å². The fraction of sp³-hybridized carbons (Fsp3) is 0.0769. The van der Waals surface area contributed by atoms with Gasteiger partial charge < -0.3 is 25.0 Å². The lowest BCUT2D eigenvalue weighted by Gasteiger charge is -2.21. The van der Waals surface area contributed by atoms with Crippen molar-refractivity contribution in [1.82, 2.24) is 0 Å². The second kappa shape index (κ2) is 7.87. The monoisotopic (exact) mass is 440 g/mol. The first-order chi connectivity index (χ1) is 16.0. The van der Waals surface area contributed by atoms with Crippen molar-refractivity contribution in [3.05, 3.63) is 110 Å². The number of fused-ring (bicyclic) bond motifs is 2. The van der Waals surface area contributed by atoms with Gasteiger partial charge in [-0.2, -0.15) is 0 Å². The number of benzene rings is 3. The summed E-state index contributed by atoms with van der Waals surface area (Å²) in [6.45, 7) is 0. The van der Waals surface area contributed by atoms with Crippen LogP contribution in [0.3, 0.4) is 0 Å². The second-order valence-electron chi connectivity index (χ2n) is 7.63. The lowest BCUT2D eigenvalue weighted by molar-refractivity contribution is 0.414. The SMILES string of the molecule is COc1ccc(C(c2c(N)c3ccccc3oc2=O)c2c(N)c3ccccc3oc2=O)cc1. The first-order valence-corrected chi connectivity index (χ1v) is 10.3. The van der Waals surface area contributed by atoms with Gasteiger partial charge in [-0.3, -0.25) is 0 Å². The van der Waals surface area contributed by atoms with Crippen molar-refractivity contribution in [2.45, 2.75) is 5.92 Å². The highest BCUT2D eigenvalue weighted by Crippen LogP contribution is 2.39. The summed E-state index contributed by atoms with van der Waals surface area (Å²) in [5, 5.41) is 1.13. The molecule has 0 bridgehead atoms. The molecule has 4 N–H and O–H groups in total. The Morgan fingerprint density at radius 2 is 1.15 bits per heavy atom. The summed E-state index contributed by atoms with van der Waals surface area (Å²) >= 11 is 0. The van der Waals surface area contributed by atoms with Gasteiger partial charge >= 0.3 is 11.3 Å². The van der Waals surface area contributed by atoms with E-state index in [9.17, 15) is 9.59 Å². The maximum absolute atomic E-state index is 13.2. The van der Waals surface area contributed by atoms with E-state index in [0.29, 0.717) is 33.3 Å². The van der Waals surface area contributed by atoms with Crippen LogP contribution in [0.5, 0.6) is 5.75 Å². The van der Waals surface area contributed by atoms with Crippen LogP contribution < -0.4 is 27.5 Å². The third-order valence-electron chi connectivity index (χ3n) is 5.81. The van der Waals surface area contributed by atoms with Crippen LogP contribution in [0.4, 0.5) is 11.4 Å². The molecule has 0 saturated carbocycles. The molecule has 0 aliphatic rings. The highest BCUT2D eigenvalue weighted by atomic mass is 16.5. The van der Waals surface area contributed by atoms with Gasteiger partial charge in [-0.1, -0.05) is 36.4 Å². The Bertz CT molecular complexity index is 1520. The van der Waals surface area contributed by atoms with Crippen LogP contribution in [0.2, 0.25) is 0 Å². The van der Waals surface area contributed by atoms with E-state index >= 15 is 0 Å². The van der Waals surface area contributed by atoms with Crippen molar-refractivity contribution in [3.63, 3.8) is 0 Å². The van der Waals surface area contributed by atoms with Gasteiger partial charge in [0.25, 0.3) is 0 Å². The summed E-state index contributed by atoms with van der Waals surface area (Å²) < 4.78 is 16.4. The predicted octanol–water partition coefficient (Wildman–Crippen LogP) is 4.25. The first-order valence-electron chi connectivity index (χ1n) is 10.3. The Hall–Kier alpha value is -4.52. The molecule has 0 fully saturated rings. The Morgan fingerprint density at radius 3 is 1.61 bits per heavy atom. The van der Waals surface area contributed by atoms with Crippen LogP contribution in [0, 0.1) is 0 Å². The number of anilines is 2. The quantitative estimate of drug-likeness (QED) is 0.401. The second-order valence-corrected chi connectivity index (χ2v) is 7.63. The molecule has 0 amide bonds. The summed E-state index contributed by atoms with van der Waals surface area (Å²) in [6.07, 6.45) is 0. The molecular weight excluding hydrogens is 420 g/mol. The van der Waals surface area contributed by atoms with Gasteiger partial charge in [-0.25, -0.2) is 9.59 Å². The third kappa shape index (κ3) is 3.30. The zero-order valence-electron chi connectivity index (χ0n) is 17.7. The topological polar surface area (TPSA) is 122 Å². The Morgan fingerprint density at radius 1 is 0.697 bits per heavy atom. The van der Waals surface area contributed by atoms with E-state index in [0.717, 1.165) is 0 Å². The molecule has 0 aliphatic heterocycles. The molecule has 5 rings (SSSR count). The summed E-state index contributed by atoms with van der Waals surface area (Å²) in [6, 6.07) is 20.9. The van der Waals surface area contributed by atoms with Gasteiger partial charge in [-0.05, 0) is 42.0 Å². The number of rotatable bonds is 4.